The van der Waals surface area contributed by atoms with Crippen LogP contribution in [0.25, 0.3) is 5.69 Å². The van der Waals surface area contributed by atoms with Crippen LogP contribution in [0.4, 0.5) is 5.82 Å². The summed E-state index contributed by atoms with van der Waals surface area (Å²) in [5.41, 5.74) is 2.19. The molecule has 4 aromatic rings. The van der Waals surface area contributed by atoms with Gasteiger partial charge in [0.25, 0.3) is 0 Å². The summed E-state index contributed by atoms with van der Waals surface area (Å²) < 4.78 is 35.1. The van der Waals surface area contributed by atoms with Crippen LogP contribution in [0.15, 0.2) is 90.3 Å². The molecule has 0 saturated carbocycles. The van der Waals surface area contributed by atoms with Crippen molar-refractivity contribution in [3.8, 4) is 5.69 Å². The number of aromatic nitrogens is 4. The fourth-order valence-corrected chi connectivity index (χ4v) is 4.82. The highest BCUT2D eigenvalue weighted by Gasteiger charge is 2.23. The molecule has 41 heavy (non-hydrogen) atoms. The highest BCUT2D eigenvalue weighted by atomic mass is 32.2. The predicted molar refractivity (Wildman–Crippen MR) is 152 cm³/mol. The maximum Gasteiger partial charge on any atom is 0.322 e. The molecule has 0 spiro atoms. The van der Waals surface area contributed by atoms with Crippen LogP contribution in [0.2, 0.25) is 0 Å². The van der Waals surface area contributed by atoms with E-state index in [1.165, 1.54) is 25.4 Å². The number of nitrogens with zero attached hydrogens (tertiary/aromatic N) is 4. The van der Waals surface area contributed by atoms with E-state index in [1.54, 1.807) is 35.1 Å². The molecule has 0 aliphatic rings. The van der Waals surface area contributed by atoms with Gasteiger partial charge in [-0.05, 0) is 68.3 Å². The number of nitrogens with one attached hydrogen (secondary N) is 2. The van der Waals surface area contributed by atoms with Crippen LogP contribution < -0.4 is 10.0 Å². The number of carbonyl (C=O) groups excluding carboxylic acids is 1. The van der Waals surface area contributed by atoms with Gasteiger partial charge < -0.3 is 15.2 Å². The zero-order valence-corrected chi connectivity index (χ0v) is 23.7. The van der Waals surface area contributed by atoms with Gasteiger partial charge in [-0.3, -0.25) is 14.6 Å². The Bertz CT molecular complexity index is 1510. The number of rotatable bonds is 11. The number of anilines is 1. The highest BCUT2D eigenvalue weighted by molar-refractivity contribution is 7.89. The number of carboxylic acid groups (broad SMARTS) is 1. The van der Waals surface area contributed by atoms with Crippen molar-refractivity contribution in [1.82, 2.24) is 24.5 Å². The first-order chi connectivity index (χ1) is 19.5. The van der Waals surface area contributed by atoms with Crippen molar-refractivity contribution >= 4 is 27.8 Å². The molecular formula is C28H32N6O6S. The van der Waals surface area contributed by atoms with E-state index in [4.69, 9.17) is 5.11 Å². The smallest absolute Gasteiger partial charge is 0.322 e. The minimum Gasteiger partial charge on any atom is -0.480 e. The molecule has 1 atom stereocenters. The molecule has 0 radical (unpaired) electrons. The summed E-state index contributed by atoms with van der Waals surface area (Å²) in [4.78, 5) is 29.3. The summed E-state index contributed by atoms with van der Waals surface area (Å²) in [6, 6.07) is 16.7. The number of pyridine rings is 2. The maximum absolute atomic E-state index is 13.0. The first-order valence-electron chi connectivity index (χ1n) is 12.6. The Kier molecular flexibility index (Phi) is 11.1. The lowest BCUT2D eigenvalue weighted by Gasteiger charge is -2.19. The Labute approximate surface area is 238 Å². The van der Waals surface area contributed by atoms with Gasteiger partial charge in [0, 0.05) is 31.7 Å². The number of hydrogen-bond acceptors (Lipinski definition) is 9. The summed E-state index contributed by atoms with van der Waals surface area (Å²) in [5, 5.41) is 15.8. The number of aliphatic carboxylic acids is 1. The van der Waals surface area contributed by atoms with Gasteiger partial charge in [-0.15, -0.1) is 0 Å². The van der Waals surface area contributed by atoms with E-state index < -0.39 is 22.0 Å². The lowest BCUT2D eigenvalue weighted by Crippen LogP contribution is -2.31. The van der Waals surface area contributed by atoms with Gasteiger partial charge >= 0.3 is 11.9 Å². The minimum absolute atomic E-state index is 0.0255. The minimum atomic E-state index is -3.89. The van der Waals surface area contributed by atoms with Crippen LogP contribution in [-0.2, 0) is 30.8 Å². The van der Waals surface area contributed by atoms with Crippen LogP contribution in [0.5, 0.6) is 0 Å². The first kappa shape index (κ1) is 30.9. The van der Waals surface area contributed by atoms with E-state index >= 15 is 0 Å². The van der Waals surface area contributed by atoms with Crippen molar-refractivity contribution in [2.75, 3.05) is 11.9 Å². The van der Waals surface area contributed by atoms with Crippen molar-refractivity contribution in [2.45, 2.75) is 44.2 Å². The van der Waals surface area contributed by atoms with E-state index in [0.29, 0.717) is 17.9 Å². The van der Waals surface area contributed by atoms with Crippen molar-refractivity contribution in [3.63, 3.8) is 0 Å². The van der Waals surface area contributed by atoms with E-state index in [-0.39, 0.29) is 23.5 Å². The summed E-state index contributed by atoms with van der Waals surface area (Å²) >= 11 is 0. The maximum atomic E-state index is 13.0. The number of benzene rings is 1. The summed E-state index contributed by atoms with van der Waals surface area (Å²) in [5.74, 6) is -0.909. The molecular weight excluding hydrogens is 548 g/mol. The fourth-order valence-electron chi connectivity index (χ4n) is 3.65. The molecule has 1 aromatic carbocycles. The van der Waals surface area contributed by atoms with Crippen LogP contribution >= 0.6 is 0 Å². The molecule has 0 saturated heterocycles. The second kappa shape index (κ2) is 14.7. The van der Waals surface area contributed by atoms with E-state index in [9.17, 15) is 18.0 Å². The molecule has 216 valence electrons. The number of ether oxygens (including phenoxy) is 1. The van der Waals surface area contributed by atoms with Crippen LogP contribution in [0.1, 0.15) is 38.1 Å². The van der Waals surface area contributed by atoms with Crippen LogP contribution in [0, 0.1) is 0 Å². The number of hydrogen-bond donors (Lipinski definition) is 3. The van der Waals surface area contributed by atoms with Gasteiger partial charge in [-0.25, -0.2) is 22.8 Å². The molecule has 0 aliphatic heterocycles. The quantitative estimate of drug-likeness (QED) is 0.224. The van der Waals surface area contributed by atoms with Crippen LogP contribution in [0.3, 0.4) is 0 Å². The standard InChI is InChI=1S/C23H22N6O4S.C5H10O2/c30-23(31)16-25-22-6-1-5-20(27-22)21(28-34(32,33)19-4-2-11-24-15-19)14-17-7-9-18(10-8-17)29-13-3-12-26-29;1-4(2)7-5(3)6/h1-13,15,21,28H,14,16H2,(H,25,27)(H,30,31);4H,1-3H3. The van der Waals surface area contributed by atoms with Crippen LogP contribution in [-0.4, -0.2) is 57.9 Å². The second-order valence-electron chi connectivity index (χ2n) is 9.04. The first-order valence-corrected chi connectivity index (χ1v) is 14.1. The Morgan fingerprint density at radius 2 is 1.78 bits per heavy atom. The molecule has 0 aliphatic carbocycles. The number of carboxylic acids is 1. The molecule has 3 N–H and O–H groups in total. The number of sulfonamides is 1. The third-order valence-electron chi connectivity index (χ3n) is 5.34. The van der Waals surface area contributed by atoms with Crippen molar-refractivity contribution in [1.29, 1.82) is 0 Å². The second-order valence-corrected chi connectivity index (χ2v) is 10.8. The average molecular weight is 581 g/mol. The lowest BCUT2D eigenvalue weighted by atomic mass is 10.0. The molecule has 0 fully saturated rings. The largest absolute Gasteiger partial charge is 0.480 e. The van der Waals surface area contributed by atoms with Gasteiger partial charge in [-0.2, -0.15) is 5.10 Å². The van der Waals surface area contributed by atoms with Gasteiger partial charge in [0.15, 0.2) is 0 Å². The topological polar surface area (TPSA) is 165 Å². The average Bonchev–Trinajstić information content (AvgIpc) is 3.47. The van der Waals surface area contributed by atoms with Gasteiger partial charge in [0.05, 0.1) is 23.5 Å². The summed E-state index contributed by atoms with van der Waals surface area (Å²) in [6.07, 6.45) is 6.63. The third-order valence-corrected chi connectivity index (χ3v) is 6.79. The van der Waals surface area contributed by atoms with E-state index in [0.717, 1.165) is 11.3 Å². The number of carbonyl (C=O) groups is 2. The van der Waals surface area contributed by atoms with E-state index in [2.05, 4.69) is 29.8 Å². The Balaban J connectivity index is 0.000000587. The van der Waals surface area contributed by atoms with E-state index in [1.807, 2.05) is 50.4 Å². The van der Waals surface area contributed by atoms with Crippen molar-refractivity contribution in [2.24, 2.45) is 0 Å². The molecule has 12 nitrogen and oxygen atoms in total. The molecule has 1 unspecified atom stereocenters. The fraction of sp³-hybridized carbons (Fsp3) is 0.250. The zero-order chi connectivity index (χ0) is 29.8. The molecule has 3 aromatic heterocycles. The van der Waals surface area contributed by atoms with Gasteiger partial charge in [0.1, 0.15) is 17.3 Å². The Hall–Kier alpha value is -4.62. The predicted octanol–water partition coefficient (Wildman–Crippen LogP) is 3.38. The van der Waals surface area contributed by atoms with Crippen molar-refractivity contribution in [3.05, 3.63) is 96.7 Å². The summed E-state index contributed by atoms with van der Waals surface area (Å²) in [7, 11) is -3.89. The monoisotopic (exact) mass is 580 g/mol. The Morgan fingerprint density at radius 1 is 1.02 bits per heavy atom. The lowest BCUT2D eigenvalue weighted by molar-refractivity contribution is -0.144. The molecule has 3 heterocycles. The molecule has 4 rings (SSSR count). The van der Waals surface area contributed by atoms with Crippen molar-refractivity contribution < 1.29 is 27.9 Å². The molecule has 0 amide bonds. The Morgan fingerprint density at radius 3 is 2.34 bits per heavy atom. The summed E-state index contributed by atoms with van der Waals surface area (Å²) in [6.45, 7) is 4.74. The zero-order valence-electron chi connectivity index (χ0n) is 22.8. The van der Waals surface area contributed by atoms with Gasteiger partial charge in [-0.1, -0.05) is 18.2 Å². The third kappa shape index (κ3) is 10.1. The number of esters is 1. The SMILES string of the molecule is CC(=O)OC(C)C.O=C(O)CNc1cccc(C(Cc2ccc(-n3cccn3)cc2)NS(=O)(=O)c2cccnc2)n1. The normalized spacial score (nSPS) is 11.7. The molecule has 13 heteroatoms. The van der Waals surface area contributed by atoms with Gasteiger partial charge in [0.2, 0.25) is 10.0 Å². The molecule has 0 bridgehead atoms. The highest BCUT2D eigenvalue weighted by Crippen LogP contribution is 2.22.